The Bertz CT molecular complexity index is 765. The highest BCUT2D eigenvalue weighted by Crippen LogP contribution is 2.16. The van der Waals surface area contributed by atoms with Crippen LogP contribution in [0.4, 0.5) is 25.4 Å². The second-order valence-corrected chi connectivity index (χ2v) is 6.65. The molecule has 1 aliphatic rings. The highest BCUT2D eigenvalue weighted by atomic mass is 35.5. The first kappa shape index (κ1) is 19.0. The van der Waals surface area contributed by atoms with E-state index in [0.29, 0.717) is 49.0 Å². The average molecular weight is 391 g/mol. The first-order valence-corrected chi connectivity index (χ1v) is 9.02. The van der Waals surface area contributed by atoms with E-state index in [-0.39, 0.29) is 12.1 Å². The monoisotopic (exact) mass is 390 g/mol. The first-order valence-electron chi connectivity index (χ1n) is 8.64. The Morgan fingerprint density at radius 3 is 1.96 bits per heavy atom. The lowest BCUT2D eigenvalue weighted by Gasteiger charge is -2.22. The molecule has 8 heteroatoms. The maximum absolute atomic E-state index is 13.2. The van der Waals surface area contributed by atoms with Crippen molar-refractivity contribution < 1.29 is 14.0 Å². The molecule has 27 heavy (non-hydrogen) atoms. The van der Waals surface area contributed by atoms with Crippen molar-refractivity contribution in [2.75, 3.05) is 36.8 Å². The molecule has 0 bridgehead atoms. The molecule has 4 amide bonds. The maximum Gasteiger partial charge on any atom is 0.321 e. The Morgan fingerprint density at radius 2 is 1.41 bits per heavy atom. The number of anilines is 2. The zero-order valence-electron chi connectivity index (χ0n) is 14.6. The molecule has 1 fully saturated rings. The van der Waals surface area contributed by atoms with Gasteiger partial charge in [-0.3, -0.25) is 0 Å². The molecule has 3 rings (SSSR count). The molecular weight excluding hydrogens is 371 g/mol. The van der Waals surface area contributed by atoms with Crippen molar-refractivity contribution in [1.29, 1.82) is 0 Å². The Kier molecular flexibility index (Phi) is 6.13. The molecule has 0 saturated carbocycles. The molecule has 2 N–H and O–H groups in total. The number of hydrogen-bond acceptors (Lipinski definition) is 2. The third kappa shape index (κ3) is 5.34. The summed E-state index contributed by atoms with van der Waals surface area (Å²) in [4.78, 5) is 28.1. The summed E-state index contributed by atoms with van der Waals surface area (Å²) in [6, 6.07) is 12.1. The number of halogens is 2. The number of rotatable bonds is 2. The molecular formula is C19H20ClFN4O2. The van der Waals surface area contributed by atoms with Crippen molar-refractivity contribution in [2.24, 2.45) is 0 Å². The summed E-state index contributed by atoms with van der Waals surface area (Å²) < 4.78 is 13.2. The van der Waals surface area contributed by atoms with Crippen molar-refractivity contribution in [2.45, 2.75) is 6.42 Å². The fourth-order valence-electron chi connectivity index (χ4n) is 2.86. The molecule has 1 saturated heterocycles. The van der Waals surface area contributed by atoms with Gasteiger partial charge < -0.3 is 20.4 Å². The van der Waals surface area contributed by atoms with Crippen LogP contribution in [0, 0.1) is 5.82 Å². The van der Waals surface area contributed by atoms with E-state index >= 15 is 0 Å². The molecule has 1 heterocycles. The second-order valence-electron chi connectivity index (χ2n) is 6.21. The number of carbonyl (C=O) groups excluding carboxylic acids is 2. The van der Waals surface area contributed by atoms with Crippen LogP contribution in [0.1, 0.15) is 6.42 Å². The number of carbonyl (C=O) groups is 2. The van der Waals surface area contributed by atoms with E-state index in [1.54, 1.807) is 40.1 Å². The fraction of sp³-hybridized carbons (Fsp3) is 0.263. The van der Waals surface area contributed by atoms with Crippen molar-refractivity contribution >= 4 is 35.0 Å². The molecule has 2 aromatic rings. The van der Waals surface area contributed by atoms with Crippen LogP contribution in [-0.2, 0) is 0 Å². The summed E-state index contributed by atoms with van der Waals surface area (Å²) in [5, 5.41) is 6.04. The lowest BCUT2D eigenvalue weighted by molar-refractivity contribution is 0.205. The summed E-state index contributed by atoms with van der Waals surface area (Å²) in [7, 11) is 0. The molecule has 2 aromatic carbocycles. The minimum Gasteiger partial charge on any atom is -0.323 e. The van der Waals surface area contributed by atoms with Crippen molar-refractivity contribution in [3.63, 3.8) is 0 Å². The van der Waals surface area contributed by atoms with E-state index in [1.807, 2.05) is 0 Å². The first-order chi connectivity index (χ1) is 13.0. The van der Waals surface area contributed by atoms with Gasteiger partial charge in [0.2, 0.25) is 0 Å². The highest BCUT2D eigenvalue weighted by molar-refractivity contribution is 6.30. The van der Waals surface area contributed by atoms with Gasteiger partial charge in [-0.15, -0.1) is 0 Å². The van der Waals surface area contributed by atoms with E-state index in [2.05, 4.69) is 10.6 Å². The van der Waals surface area contributed by atoms with Crippen LogP contribution in [0.15, 0.2) is 48.5 Å². The van der Waals surface area contributed by atoms with Gasteiger partial charge in [0.05, 0.1) is 0 Å². The van der Waals surface area contributed by atoms with E-state index in [9.17, 15) is 14.0 Å². The van der Waals surface area contributed by atoms with Gasteiger partial charge in [-0.2, -0.15) is 0 Å². The molecule has 0 radical (unpaired) electrons. The van der Waals surface area contributed by atoms with Gasteiger partial charge in [0, 0.05) is 42.6 Å². The van der Waals surface area contributed by atoms with Crippen LogP contribution < -0.4 is 10.6 Å². The third-order valence-corrected chi connectivity index (χ3v) is 4.46. The molecule has 142 valence electrons. The number of hydrogen-bond donors (Lipinski definition) is 2. The number of nitrogens with zero attached hydrogens (tertiary/aromatic N) is 2. The van der Waals surface area contributed by atoms with Gasteiger partial charge in [0.25, 0.3) is 0 Å². The van der Waals surface area contributed by atoms with Crippen LogP contribution in [0.25, 0.3) is 0 Å². The minimum absolute atomic E-state index is 0.232. The predicted octanol–water partition coefficient (Wildman–Crippen LogP) is 4.25. The van der Waals surface area contributed by atoms with Crippen molar-refractivity contribution in [3.8, 4) is 0 Å². The molecule has 0 atom stereocenters. The zero-order valence-corrected chi connectivity index (χ0v) is 15.4. The fourth-order valence-corrected chi connectivity index (χ4v) is 3.05. The number of benzene rings is 2. The average Bonchev–Trinajstić information content (AvgIpc) is 2.88. The molecule has 1 aliphatic heterocycles. The summed E-state index contributed by atoms with van der Waals surface area (Å²) in [6.45, 7) is 1.85. The standard InChI is InChI=1S/C19H20ClFN4O2/c20-14-4-1-6-16(12-14)22-18(26)24-8-3-9-25(11-10-24)19(27)23-17-7-2-5-15(21)13-17/h1-2,4-7,12-13H,3,8-11H2,(H,22,26)(H,23,27). The normalized spacial score (nSPS) is 14.4. The maximum atomic E-state index is 13.2. The highest BCUT2D eigenvalue weighted by Gasteiger charge is 2.22. The van der Waals surface area contributed by atoms with E-state index in [0.717, 1.165) is 0 Å². The van der Waals surface area contributed by atoms with Crippen LogP contribution >= 0.6 is 11.6 Å². The van der Waals surface area contributed by atoms with Gasteiger partial charge in [-0.1, -0.05) is 23.7 Å². The minimum atomic E-state index is -0.410. The quantitative estimate of drug-likeness (QED) is 0.805. The molecule has 0 aliphatic carbocycles. The smallest absolute Gasteiger partial charge is 0.321 e. The summed E-state index contributed by atoms with van der Waals surface area (Å²) >= 11 is 5.93. The summed E-state index contributed by atoms with van der Waals surface area (Å²) in [5.74, 6) is -0.410. The molecule has 0 unspecified atom stereocenters. The Balaban J connectivity index is 1.55. The number of amides is 4. The van der Waals surface area contributed by atoms with Crippen LogP contribution in [-0.4, -0.2) is 48.0 Å². The van der Waals surface area contributed by atoms with Crippen molar-refractivity contribution in [3.05, 3.63) is 59.4 Å². The zero-order chi connectivity index (χ0) is 19.2. The van der Waals surface area contributed by atoms with E-state index in [4.69, 9.17) is 11.6 Å². The van der Waals surface area contributed by atoms with Crippen LogP contribution in [0.3, 0.4) is 0 Å². The topological polar surface area (TPSA) is 64.7 Å². The molecule has 6 nitrogen and oxygen atoms in total. The van der Waals surface area contributed by atoms with Gasteiger partial charge in [-0.05, 0) is 42.8 Å². The van der Waals surface area contributed by atoms with Crippen molar-refractivity contribution in [1.82, 2.24) is 9.80 Å². The predicted molar refractivity (Wildman–Crippen MR) is 104 cm³/mol. The van der Waals surface area contributed by atoms with Crippen LogP contribution in [0.5, 0.6) is 0 Å². The Morgan fingerprint density at radius 1 is 0.852 bits per heavy atom. The Labute approximate surface area is 161 Å². The summed E-state index contributed by atoms with van der Waals surface area (Å²) in [6.07, 6.45) is 0.652. The Hall–Kier alpha value is -2.80. The van der Waals surface area contributed by atoms with Gasteiger partial charge in [0.15, 0.2) is 0 Å². The molecule has 0 spiro atoms. The number of urea groups is 2. The van der Waals surface area contributed by atoms with Gasteiger partial charge >= 0.3 is 12.1 Å². The largest absolute Gasteiger partial charge is 0.323 e. The van der Waals surface area contributed by atoms with E-state index in [1.165, 1.54) is 18.2 Å². The second kappa shape index (κ2) is 8.73. The SMILES string of the molecule is O=C(Nc1cccc(F)c1)N1CCCN(C(=O)Nc2cccc(Cl)c2)CC1. The van der Waals surface area contributed by atoms with Crippen LogP contribution in [0.2, 0.25) is 5.02 Å². The third-order valence-electron chi connectivity index (χ3n) is 4.22. The lowest BCUT2D eigenvalue weighted by Crippen LogP contribution is -2.40. The summed E-state index contributed by atoms with van der Waals surface area (Å²) in [5.41, 5.74) is 1.03. The van der Waals surface area contributed by atoms with Gasteiger partial charge in [-0.25, -0.2) is 14.0 Å². The molecule has 0 aromatic heterocycles. The van der Waals surface area contributed by atoms with Gasteiger partial charge in [0.1, 0.15) is 5.82 Å². The van der Waals surface area contributed by atoms with E-state index < -0.39 is 5.82 Å². The lowest BCUT2D eigenvalue weighted by atomic mass is 10.3. The number of nitrogens with one attached hydrogen (secondary N) is 2.